The summed E-state index contributed by atoms with van der Waals surface area (Å²) in [5, 5.41) is 0. The first-order chi connectivity index (χ1) is 8.49. The molecule has 1 amide bonds. The molecule has 0 spiro atoms. The number of Topliss-reactive ketones (excluding diaryl/α,β-unsaturated/α-hetero) is 1. The second kappa shape index (κ2) is 4.88. The molecule has 0 radical (unpaired) electrons. The first kappa shape index (κ1) is 12.7. The van der Waals surface area contributed by atoms with Crippen molar-refractivity contribution in [2.24, 2.45) is 5.92 Å². The Morgan fingerprint density at radius 3 is 2.78 bits per heavy atom. The molecule has 3 nitrogen and oxygen atoms in total. The van der Waals surface area contributed by atoms with Gasteiger partial charge in [0, 0.05) is 18.0 Å². The maximum absolute atomic E-state index is 13.1. The van der Waals surface area contributed by atoms with Gasteiger partial charge in [-0.2, -0.15) is 0 Å². The highest BCUT2D eigenvalue weighted by Gasteiger charge is 2.26. The zero-order valence-corrected chi connectivity index (χ0v) is 10.6. The van der Waals surface area contributed by atoms with E-state index < -0.39 is 0 Å². The number of amides is 1. The normalized spacial score (nSPS) is 14.9. The Bertz CT molecular complexity index is 497. The summed E-state index contributed by atoms with van der Waals surface area (Å²) in [6.07, 6.45) is 0.875. The van der Waals surface area contributed by atoms with E-state index in [0.29, 0.717) is 18.5 Å². The smallest absolute Gasteiger partial charge is 0.227 e. The SMILES string of the molecule is CC(C)C(=O)CN1C(=O)CCc2cc(F)ccc21. The molecule has 18 heavy (non-hydrogen) atoms. The van der Waals surface area contributed by atoms with Crippen LogP contribution in [-0.2, 0) is 16.0 Å². The van der Waals surface area contributed by atoms with Crippen LogP contribution in [-0.4, -0.2) is 18.2 Å². The minimum absolute atomic E-state index is 0.0144. The summed E-state index contributed by atoms with van der Waals surface area (Å²) in [7, 11) is 0. The molecular formula is C14H16FNO2. The standard InChI is InChI=1S/C14H16FNO2/c1-9(2)13(17)8-16-12-5-4-11(15)7-10(12)3-6-14(16)18/h4-5,7,9H,3,6,8H2,1-2H3. The molecule has 0 fully saturated rings. The van der Waals surface area contributed by atoms with Crippen LogP contribution >= 0.6 is 0 Å². The van der Waals surface area contributed by atoms with Gasteiger partial charge in [-0.3, -0.25) is 9.59 Å². The van der Waals surface area contributed by atoms with Crippen LogP contribution in [0, 0.1) is 11.7 Å². The van der Waals surface area contributed by atoms with Gasteiger partial charge in [-0.25, -0.2) is 4.39 Å². The number of rotatable bonds is 3. The van der Waals surface area contributed by atoms with Crippen molar-refractivity contribution in [1.82, 2.24) is 0 Å². The van der Waals surface area contributed by atoms with E-state index in [-0.39, 0.29) is 30.0 Å². The third kappa shape index (κ3) is 2.42. The number of hydrogen-bond donors (Lipinski definition) is 0. The summed E-state index contributed by atoms with van der Waals surface area (Å²) in [4.78, 5) is 25.1. The molecule has 4 heteroatoms. The van der Waals surface area contributed by atoms with Crippen LogP contribution in [0.2, 0.25) is 0 Å². The largest absolute Gasteiger partial charge is 0.305 e. The molecule has 0 aromatic heterocycles. The van der Waals surface area contributed by atoms with Crippen molar-refractivity contribution in [1.29, 1.82) is 0 Å². The van der Waals surface area contributed by atoms with Gasteiger partial charge in [-0.1, -0.05) is 13.8 Å². The van der Waals surface area contributed by atoms with Crippen LogP contribution in [0.4, 0.5) is 10.1 Å². The molecule has 1 aliphatic rings. The number of hydrogen-bond acceptors (Lipinski definition) is 2. The number of carbonyl (C=O) groups excluding carboxylic acids is 2. The maximum atomic E-state index is 13.1. The van der Waals surface area contributed by atoms with Crippen molar-refractivity contribution >= 4 is 17.4 Å². The van der Waals surface area contributed by atoms with Gasteiger partial charge in [0.15, 0.2) is 5.78 Å². The molecule has 0 saturated heterocycles. The van der Waals surface area contributed by atoms with E-state index in [1.54, 1.807) is 6.07 Å². The first-order valence-corrected chi connectivity index (χ1v) is 6.10. The van der Waals surface area contributed by atoms with E-state index in [4.69, 9.17) is 0 Å². The lowest BCUT2D eigenvalue weighted by atomic mass is 9.99. The molecule has 0 saturated carbocycles. The Hall–Kier alpha value is -1.71. The molecule has 1 aromatic carbocycles. The van der Waals surface area contributed by atoms with Crippen molar-refractivity contribution in [2.75, 3.05) is 11.4 Å². The van der Waals surface area contributed by atoms with Crippen molar-refractivity contribution < 1.29 is 14.0 Å². The monoisotopic (exact) mass is 249 g/mol. The van der Waals surface area contributed by atoms with Crippen LogP contribution in [0.15, 0.2) is 18.2 Å². The Morgan fingerprint density at radius 1 is 1.39 bits per heavy atom. The zero-order chi connectivity index (χ0) is 13.3. The predicted octanol–water partition coefficient (Wildman–Crippen LogP) is 2.33. The number of ketones is 1. The molecule has 0 N–H and O–H groups in total. The molecule has 96 valence electrons. The van der Waals surface area contributed by atoms with Crippen LogP contribution < -0.4 is 4.90 Å². The van der Waals surface area contributed by atoms with Gasteiger partial charge >= 0.3 is 0 Å². The lowest BCUT2D eigenvalue weighted by Crippen LogP contribution is -2.40. The predicted molar refractivity (Wildman–Crippen MR) is 66.9 cm³/mol. The summed E-state index contributed by atoms with van der Waals surface area (Å²) < 4.78 is 13.1. The lowest BCUT2D eigenvalue weighted by molar-refractivity contribution is -0.124. The van der Waals surface area contributed by atoms with Gasteiger partial charge in [0.05, 0.1) is 6.54 Å². The van der Waals surface area contributed by atoms with Crippen LogP contribution in [0.5, 0.6) is 0 Å². The molecular weight excluding hydrogens is 233 g/mol. The number of halogens is 1. The topological polar surface area (TPSA) is 37.4 Å². The first-order valence-electron chi connectivity index (χ1n) is 6.10. The molecule has 1 aliphatic heterocycles. The highest BCUT2D eigenvalue weighted by atomic mass is 19.1. The van der Waals surface area contributed by atoms with E-state index in [9.17, 15) is 14.0 Å². The number of aryl methyl sites for hydroxylation is 1. The number of nitrogens with zero attached hydrogens (tertiary/aromatic N) is 1. The minimum atomic E-state index is -0.307. The van der Waals surface area contributed by atoms with E-state index >= 15 is 0 Å². The van der Waals surface area contributed by atoms with Gasteiger partial charge < -0.3 is 4.90 Å². The van der Waals surface area contributed by atoms with Gasteiger partial charge in [-0.05, 0) is 30.2 Å². The highest BCUT2D eigenvalue weighted by molar-refractivity contribution is 6.01. The molecule has 0 aliphatic carbocycles. The second-order valence-corrected chi connectivity index (χ2v) is 4.87. The van der Waals surface area contributed by atoms with Crippen LogP contribution in [0.1, 0.15) is 25.8 Å². The molecule has 0 atom stereocenters. The molecule has 2 rings (SSSR count). The third-order valence-electron chi connectivity index (χ3n) is 3.20. The van der Waals surface area contributed by atoms with Crippen LogP contribution in [0.25, 0.3) is 0 Å². The van der Waals surface area contributed by atoms with Crippen molar-refractivity contribution in [3.63, 3.8) is 0 Å². The van der Waals surface area contributed by atoms with E-state index in [1.807, 2.05) is 13.8 Å². The average Bonchev–Trinajstić information content (AvgIpc) is 2.32. The van der Waals surface area contributed by atoms with Crippen molar-refractivity contribution in [3.8, 4) is 0 Å². The van der Waals surface area contributed by atoms with Gasteiger partial charge in [0.25, 0.3) is 0 Å². The number of fused-ring (bicyclic) bond motifs is 1. The Morgan fingerprint density at radius 2 is 2.11 bits per heavy atom. The van der Waals surface area contributed by atoms with E-state index in [2.05, 4.69) is 0 Å². The lowest BCUT2D eigenvalue weighted by Gasteiger charge is -2.29. The van der Waals surface area contributed by atoms with Gasteiger partial charge in [0.1, 0.15) is 5.82 Å². The molecule has 1 heterocycles. The number of anilines is 1. The number of benzene rings is 1. The Kier molecular flexibility index (Phi) is 3.45. The third-order valence-corrected chi connectivity index (χ3v) is 3.20. The minimum Gasteiger partial charge on any atom is -0.305 e. The van der Waals surface area contributed by atoms with Crippen molar-refractivity contribution in [3.05, 3.63) is 29.6 Å². The quantitative estimate of drug-likeness (QED) is 0.824. The van der Waals surface area contributed by atoms with E-state index in [0.717, 1.165) is 5.56 Å². The summed E-state index contributed by atoms with van der Waals surface area (Å²) in [6.45, 7) is 3.69. The summed E-state index contributed by atoms with van der Waals surface area (Å²) in [6, 6.07) is 4.34. The van der Waals surface area contributed by atoms with Crippen molar-refractivity contribution in [2.45, 2.75) is 26.7 Å². The fourth-order valence-corrected chi connectivity index (χ4v) is 2.04. The average molecular weight is 249 g/mol. The van der Waals surface area contributed by atoms with Gasteiger partial charge in [0.2, 0.25) is 5.91 Å². The fraction of sp³-hybridized carbons (Fsp3) is 0.429. The summed E-state index contributed by atoms with van der Waals surface area (Å²) >= 11 is 0. The Balaban J connectivity index is 2.31. The van der Waals surface area contributed by atoms with Crippen LogP contribution in [0.3, 0.4) is 0 Å². The zero-order valence-electron chi connectivity index (χ0n) is 10.6. The highest BCUT2D eigenvalue weighted by Crippen LogP contribution is 2.28. The van der Waals surface area contributed by atoms with Gasteiger partial charge in [-0.15, -0.1) is 0 Å². The molecule has 1 aromatic rings. The number of carbonyl (C=O) groups is 2. The molecule has 0 bridgehead atoms. The second-order valence-electron chi connectivity index (χ2n) is 4.87. The maximum Gasteiger partial charge on any atom is 0.227 e. The summed E-state index contributed by atoms with van der Waals surface area (Å²) in [5.41, 5.74) is 1.47. The molecule has 0 unspecified atom stereocenters. The van der Waals surface area contributed by atoms with E-state index in [1.165, 1.54) is 17.0 Å². The Labute approximate surface area is 106 Å². The summed E-state index contributed by atoms with van der Waals surface area (Å²) in [5.74, 6) is -0.467. The fourth-order valence-electron chi connectivity index (χ4n) is 2.04.